The Morgan fingerprint density at radius 1 is 0.947 bits per heavy atom. The molecule has 0 aliphatic carbocycles. The molecule has 0 spiro atoms. The second-order valence-electron chi connectivity index (χ2n) is 4.98. The van der Waals surface area contributed by atoms with Crippen molar-refractivity contribution in [2.24, 2.45) is 0 Å². The van der Waals surface area contributed by atoms with Gasteiger partial charge in [-0.25, -0.2) is 0 Å². The first-order valence-corrected chi connectivity index (χ1v) is 7.85. The first-order valence-electron chi connectivity index (χ1n) is 7.48. The molecule has 0 aliphatic heterocycles. The van der Waals surface area contributed by atoms with E-state index in [0.29, 0.717) is 0 Å². The Morgan fingerprint density at radius 2 is 1.53 bits per heavy atom. The number of hydrogen-bond acceptors (Lipinski definition) is 2. The van der Waals surface area contributed by atoms with E-state index in [1.807, 2.05) is 24.3 Å². The third-order valence-corrected chi connectivity index (χ3v) is 3.51. The molecule has 0 heterocycles. The third-order valence-electron chi connectivity index (χ3n) is 3.26. The summed E-state index contributed by atoms with van der Waals surface area (Å²) in [7, 11) is 0. The number of benzene rings is 1. The zero-order valence-electron chi connectivity index (χ0n) is 12.3. The number of unbranched alkanes of at least 4 members (excludes halogenated alkanes) is 2. The van der Waals surface area contributed by atoms with E-state index in [-0.39, 0.29) is 0 Å². The normalized spacial score (nSPS) is 10.9. The van der Waals surface area contributed by atoms with Crippen LogP contribution in [0.15, 0.2) is 24.3 Å². The summed E-state index contributed by atoms with van der Waals surface area (Å²) in [5, 5.41) is 4.24. The monoisotopic (exact) mass is 282 g/mol. The molecule has 0 atom stereocenters. The molecule has 19 heavy (non-hydrogen) atoms. The van der Waals surface area contributed by atoms with Crippen molar-refractivity contribution >= 4 is 17.3 Å². The van der Waals surface area contributed by atoms with E-state index in [9.17, 15) is 0 Å². The Bertz CT molecular complexity index is 316. The fourth-order valence-corrected chi connectivity index (χ4v) is 2.15. The number of nitrogens with one attached hydrogen (secondary N) is 1. The van der Waals surface area contributed by atoms with Crippen LogP contribution in [0.2, 0.25) is 5.02 Å². The highest BCUT2D eigenvalue weighted by atomic mass is 35.5. The van der Waals surface area contributed by atoms with E-state index in [0.717, 1.165) is 23.8 Å². The molecule has 1 rings (SSSR count). The SMILES string of the molecule is CCCCN(CCCC)CCNc1ccc(Cl)cc1. The highest BCUT2D eigenvalue weighted by Crippen LogP contribution is 2.13. The van der Waals surface area contributed by atoms with Gasteiger partial charge in [-0.3, -0.25) is 0 Å². The van der Waals surface area contributed by atoms with Crippen molar-refractivity contribution in [3.8, 4) is 0 Å². The molecule has 1 aromatic rings. The largest absolute Gasteiger partial charge is 0.384 e. The second-order valence-corrected chi connectivity index (χ2v) is 5.42. The molecule has 0 saturated heterocycles. The van der Waals surface area contributed by atoms with Crippen molar-refractivity contribution in [1.82, 2.24) is 4.90 Å². The van der Waals surface area contributed by atoms with Gasteiger partial charge in [0, 0.05) is 23.8 Å². The van der Waals surface area contributed by atoms with Gasteiger partial charge in [-0.1, -0.05) is 38.3 Å². The molecule has 0 amide bonds. The highest BCUT2D eigenvalue weighted by molar-refractivity contribution is 6.30. The van der Waals surface area contributed by atoms with Crippen LogP contribution in [-0.2, 0) is 0 Å². The van der Waals surface area contributed by atoms with Crippen LogP contribution in [0.25, 0.3) is 0 Å². The van der Waals surface area contributed by atoms with Crippen molar-refractivity contribution in [1.29, 1.82) is 0 Å². The van der Waals surface area contributed by atoms with Gasteiger partial charge in [-0.05, 0) is 50.2 Å². The Balaban J connectivity index is 2.27. The zero-order chi connectivity index (χ0) is 13.9. The Kier molecular flexibility index (Phi) is 8.68. The number of halogens is 1. The van der Waals surface area contributed by atoms with Crippen LogP contribution in [0.4, 0.5) is 5.69 Å². The van der Waals surface area contributed by atoms with Crippen molar-refractivity contribution in [3.63, 3.8) is 0 Å². The highest BCUT2D eigenvalue weighted by Gasteiger charge is 2.03. The Hall–Kier alpha value is -0.730. The van der Waals surface area contributed by atoms with Gasteiger partial charge in [0.05, 0.1) is 0 Å². The fourth-order valence-electron chi connectivity index (χ4n) is 2.02. The molecule has 1 aromatic carbocycles. The van der Waals surface area contributed by atoms with Gasteiger partial charge in [0.15, 0.2) is 0 Å². The molecule has 3 heteroatoms. The van der Waals surface area contributed by atoms with Crippen molar-refractivity contribution in [3.05, 3.63) is 29.3 Å². The molecule has 2 nitrogen and oxygen atoms in total. The summed E-state index contributed by atoms with van der Waals surface area (Å²) in [6.45, 7) is 9.06. The standard InChI is InChI=1S/C16H27ClN2/c1-3-5-12-19(13-6-4-2)14-11-18-16-9-7-15(17)8-10-16/h7-10,18H,3-6,11-14H2,1-2H3. The lowest BCUT2D eigenvalue weighted by molar-refractivity contribution is 0.275. The summed E-state index contributed by atoms with van der Waals surface area (Å²) in [5.41, 5.74) is 1.15. The fraction of sp³-hybridized carbons (Fsp3) is 0.625. The van der Waals surface area contributed by atoms with Crippen molar-refractivity contribution in [2.45, 2.75) is 39.5 Å². The van der Waals surface area contributed by atoms with Gasteiger partial charge in [0.25, 0.3) is 0 Å². The molecule has 0 aliphatic rings. The van der Waals surface area contributed by atoms with Gasteiger partial charge in [0.1, 0.15) is 0 Å². The van der Waals surface area contributed by atoms with E-state index >= 15 is 0 Å². The average Bonchev–Trinajstić information content (AvgIpc) is 2.43. The van der Waals surface area contributed by atoms with Crippen molar-refractivity contribution < 1.29 is 0 Å². The molecule has 1 N–H and O–H groups in total. The maximum Gasteiger partial charge on any atom is 0.0407 e. The van der Waals surface area contributed by atoms with Crippen LogP contribution < -0.4 is 5.32 Å². The summed E-state index contributed by atoms with van der Waals surface area (Å²) >= 11 is 5.87. The van der Waals surface area contributed by atoms with Gasteiger partial charge >= 0.3 is 0 Å². The second kappa shape index (κ2) is 10.1. The van der Waals surface area contributed by atoms with Crippen LogP contribution >= 0.6 is 11.6 Å². The molecular formula is C16H27ClN2. The maximum atomic E-state index is 5.87. The minimum atomic E-state index is 0.790. The molecular weight excluding hydrogens is 256 g/mol. The number of rotatable bonds is 10. The van der Waals surface area contributed by atoms with Crippen molar-refractivity contribution in [2.75, 3.05) is 31.5 Å². The molecule has 0 radical (unpaired) electrons. The number of nitrogens with zero attached hydrogens (tertiary/aromatic N) is 1. The van der Waals surface area contributed by atoms with Gasteiger partial charge in [0.2, 0.25) is 0 Å². The smallest absolute Gasteiger partial charge is 0.0407 e. The minimum absolute atomic E-state index is 0.790. The van der Waals surface area contributed by atoms with Gasteiger partial charge in [-0.15, -0.1) is 0 Å². The molecule has 108 valence electrons. The maximum absolute atomic E-state index is 5.87. The van der Waals surface area contributed by atoms with E-state index in [1.54, 1.807) is 0 Å². The quantitative estimate of drug-likeness (QED) is 0.672. The zero-order valence-corrected chi connectivity index (χ0v) is 13.0. The summed E-state index contributed by atoms with van der Waals surface area (Å²) < 4.78 is 0. The predicted molar refractivity (Wildman–Crippen MR) is 86.2 cm³/mol. The van der Waals surface area contributed by atoms with Crippen LogP contribution in [-0.4, -0.2) is 31.1 Å². The summed E-state index contributed by atoms with van der Waals surface area (Å²) in [5.74, 6) is 0. The average molecular weight is 283 g/mol. The molecule has 0 unspecified atom stereocenters. The first kappa shape index (κ1) is 16.3. The lowest BCUT2D eigenvalue weighted by Gasteiger charge is -2.22. The van der Waals surface area contributed by atoms with Gasteiger partial charge in [-0.2, -0.15) is 0 Å². The number of anilines is 1. The van der Waals surface area contributed by atoms with E-state index < -0.39 is 0 Å². The van der Waals surface area contributed by atoms with Crippen LogP contribution in [0, 0.1) is 0 Å². The molecule has 0 saturated carbocycles. The lowest BCUT2D eigenvalue weighted by Crippen LogP contribution is -2.31. The lowest BCUT2D eigenvalue weighted by atomic mass is 10.2. The first-order chi connectivity index (χ1) is 9.26. The van der Waals surface area contributed by atoms with Gasteiger partial charge < -0.3 is 10.2 Å². The molecule has 0 bridgehead atoms. The topological polar surface area (TPSA) is 15.3 Å². The summed E-state index contributed by atoms with van der Waals surface area (Å²) in [6.07, 6.45) is 5.13. The molecule has 0 fully saturated rings. The van der Waals surface area contributed by atoms with Crippen LogP contribution in [0.1, 0.15) is 39.5 Å². The predicted octanol–water partition coefficient (Wildman–Crippen LogP) is 4.65. The van der Waals surface area contributed by atoms with Crippen LogP contribution in [0.5, 0.6) is 0 Å². The minimum Gasteiger partial charge on any atom is -0.384 e. The number of hydrogen-bond donors (Lipinski definition) is 1. The van der Waals surface area contributed by atoms with Crippen LogP contribution in [0.3, 0.4) is 0 Å². The summed E-state index contributed by atoms with van der Waals surface area (Å²) in [6, 6.07) is 7.92. The Morgan fingerprint density at radius 3 is 2.05 bits per heavy atom. The Labute approximate surface area is 123 Å². The van der Waals surface area contributed by atoms with E-state index in [2.05, 4.69) is 24.1 Å². The third kappa shape index (κ3) is 7.44. The van der Waals surface area contributed by atoms with E-state index in [4.69, 9.17) is 11.6 Å². The van der Waals surface area contributed by atoms with E-state index in [1.165, 1.54) is 38.8 Å². The summed E-state index contributed by atoms with van der Waals surface area (Å²) in [4.78, 5) is 2.57. The molecule has 0 aromatic heterocycles.